The van der Waals surface area contributed by atoms with Crippen LogP contribution in [0.2, 0.25) is 0 Å². The second-order valence-electron chi connectivity index (χ2n) is 3.93. The SMILES string of the molecule is CN1CCN(C)C1c1cccc(O)c1. The Balaban J connectivity index is 2.29. The third-order valence-electron chi connectivity index (χ3n) is 2.81. The summed E-state index contributed by atoms with van der Waals surface area (Å²) in [6, 6.07) is 7.49. The zero-order valence-electron chi connectivity index (χ0n) is 8.64. The highest BCUT2D eigenvalue weighted by Gasteiger charge is 2.27. The van der Waals surface area contributed by atoms with Gasteiger partial charge in [-0.1, -0.05) is 12.1 Å². The van der Waals surface area contributed by atoms with Gasteiger partial charge in [0.15, 0.2) is 0 Å². The van der Waals surface area contributed by atoms with Gasteiger partial charge in [-0.05, 0) is 31.8 Å². The Bertz CT molecular complexity index is 317. The van der Waals surface area contributed by atoms with Gasteiger partial charge in [0.25, 0.3) is 0 Å². The van der Waals surface area contributed by atoms with Crippen molar-refractivity contribution >= 4 is 0 Å². The first-order valence-corrected chi connectivity index (χ1v) is 4.88. The largest absolute Gasteiger partial charge is 0.508 e. The van der Waals surface area contributed by atoms with Crippen molar-refractivity contribution in [1.82, 2.24) is 9.80 Å². The Morgan fingerprint density at radius 1 is 1.21 bits per heavy atom. The average Bonchev–Trinajstić information content (AvgIpc) is 2.46. The van der Waals surface area contributed by atoms with E-state index in [0.29, 0.717) is 11.9 Å². The van der Waals surface area contributed by atoms with Gasteiger partial charge in [-0.3, -0.25) is 9.80 Å². The molecule has 3 heteroatoms. The number of nitrogens with zero attached hydrogens (tertiary/aromatic N) is 2. The fourth-order valence-corrected chi connectivity index (χ4v) is 2.09. The van der Waals surface area contributed by atoms with Crippen LogP contribution in [0.15, 0.2) is 24.3 Å². The molecule has 1 aliphatic rings. The number of hydrogen-bond acceptors (Lipinski definition) is 3. The highest BCUT2D eigenvalue weighted by atomic mass is 16.3. The second kappa shape index (κ2) is 3.59. The first kappa shape index (κ1) is 9.49. The first-order valence-electron chi connectivity index (χ1n) is 4.88. The lowest BCUT2D eigenvalue weighted by atomic mass is 10.1. The van der Waals surface area contributed by atoms with Crippen LogP contribution in [0.1, 0.15) is 11.7 Å². The summed E-state index contributed by atoms with van der Waals surface area (Å²) in [7, 11) is 4.22. The van der Waals surface area contributed by atoms with Crippen LogP contribution in [0, 0.1) is 0 Å². The van der Waals surface area contributed by atoms with Crippen molar-refractivity contribution in [2.75, 3.05) is 27.2 Å². The predicted octanol–water partition coefficient (Wildman–Crippen LogP) is 1.27. The highest BCUT2D eigenvalue weighted by molar-refractivity contribution is 5.29. The number of hydrogen-bond donors (Lipinski definition) is 1. The first-order chi connectivity index (χ1) is 6.68. The molecule has 0 aliphatic carbocycles. The fourth-order valence-electron chi connectivity index (χ4n) is 2.09. The molecule has 0 amide bonds. The molecule has 0 spiro atoms. The molecule has 0 atom stereocenters. The molecule has 1 heterocycles. The maximum atomic E-state index is 9.41. The van der Waals surface area contributed by atoms with E-state index in [-0.39, 0.29) is 0 Å². The van der Waals surface area contributed by atoms with E-state index >= 15 is 0 Å². The molecule has 14 heavy (non-hydrogen) atoms. The lowest BCUT2D eigenvalue weighted by molar-refractivity contribution is 0.190. The smallest absolute Gasteiger partial charge is 0.115 e. The number of likely N-dealkylation sites (N-methyl/N-ethyl adjacent to an activating group) is 2. The van der Waals surface area contributed by atoms with E-state index in [2.05, 4.69) is 30.0 Å². The Labute approximate surface area is 84.6 Å². The van der Waals surface area contributed by atoms with E-state index < -0.39 is 0 Å². The Kier molecular flexibility index (Phi) is 2.44. The maximum absolute atomic E-state index is 9.41. The van der Waals surface area contributed by atoms with E-state index in [1.54, 1.807) is 6.07 Å². The molecule has 0 unspecified atom stereocenters. The summed E-state index contributed by atoms with van der Waals surface area (Å²) in [4.78, 5) is 4.57. The van der Waals surface area contributed by atoms with E-state index in [1.807, 2.05) is 12.1 Å². The van der Waals surface area contributed by atoms with Crippen LogP contribution in [0.4, 0.5) is 0 Å². The monoisotopic (exact) mass is 192 g/mol. The minimum atomic E-state index is 0.307. The third-order valence-corrected chi connectivity index (χ3v) is 2.81. The van der Waals surface area contributed by atoms with Gasteiger partial charge >= 0.3 is 0 Å². The molecule has 2 rings (SSSR count). The average molecular weight is 192 g/mol. The molecule has 0 bridgehead atoms. The molecular formula is C11H16N2O. The van der Waals surface area contributed by atoms with E-state index in [1.165, 1.54) is 0 Å². The zero-order chi connectivity index (χ0) is 10.1. The van der Waals surface area contributed by atoms with Crippen molar-refractivity contribution in [3.8, 4) is 5.75 Å². The summed E-state index contributed by atoms with van der Waals surface area (Å²) in [5.74, 6) is 0.344. The van der Waals surface area contributed by atoms with E-state index in [0.717, 1.165) is 18.7 Å². The van der Waals surface area contributed by atoms with Crippen LogP contribution in [0.25, 0.3) is 0 Å². The van der Waals surface area contributed by atoms with Crippen molar-refractivity contribution in [2.45, 2.75) is 6.17 Å². The molecule has 0 aromatic heterocycles. The van der Waals surface area contributed by atoms with Crippen molar-refractivity contribution in [3.05, 3.63) is 29.8 Å². The topological polar surface area (TPSA) is 26.7 Å². The van der Waals surface area contributed by atoms with Crippen LogP contribution >= 0.6 is 0 Å². The second-order valence-corrected chi connectivity index (χ2v) is 3.93. The van der Waals surface area contributed by atoms with Gasteiger partial charge in [0.1, 0.15) is 5.75 Å². The zero-order valence-corrected chi connectivity index (χ0v) is 8.64. The maximum Gasteiger partial charge on any atom is 0.115 e. The summed E-state index contributed by atoms with van der Waals surface area (Å²) < 4.78 is 0. The van der Waals surface area contributed by atoms with Crippen LogP contribution in [0.5, 0.6) is 5.75 Å². The molecule has 1 aromatic carbocycles. The van der Waals surface area contributed by atoms with Gasteiger partial charge < -0.3 is 5.11 Å². The fraction of sp³-hybridized carbons (Fsp3) is 0.455. The Hall–Kier alpha value is -1.06. The Morgan fingerprint density at radius 2 is 1.86 bits per heavy atom. The molecule has 0 saturated carbocycles. The Morgan fingerprint density at radius 3 is 2.43 bits per heavy atom. The number of benzene rings is 1. The molecular weight excluding hydrogens is 176 g/mol. The lowest BCUT2D eigenvalue weighted by Gasteiger charge is -2.25. The van der Waals surface area contributed by atoms with E-state index in [9.17, 15) is 5.11 Å². The predicted molar refractivity (Wildman–Crippen MR) is 56.1 cm³/mol. The molecule has 1 aromatic rings. The molecule has 1 N–H and O–H groups in total. The van der Waals surface area contributed by atoms with Crippen LogP contribution in [-0.2, 0) is 0 Å². The van der Waals surface area contributed by atoms with Gasteiger partial charge in [0, 0.05) is 13.1 Å². The van der Waals surface area contributed by atoms with Gasteiger partial charge in [-0.15, -0.1) is 0 Å². The summed E-state index contributed by atoms with van der Waals surface area (Å²) in [5, 5.41) is 9.41. The van der Waals surface area contributed by atoms with Crippen molar-refractivity contribution in [2.24, 2.45) is 0 Å². The van der Waals surface area contributed by atoms with Crippen LogP contribution in [-0.4, -0.2) is 42.1 Å². The quantitative estimate of drug-likeness (QED) is 0.726. The van der Waals surface area contributed by atoms with Gasteiger partial charge in [0.05, 0.1) is 6.17 Å². The van der Waals surface area contributed by atoms with E-state index in [4.69, 9.17) is 0 Å². The summed E-state index contributed by atoms with van der Waals surface area (Å²) in [6.45, 7) is 2.16. The van der Waals surface area contributed by atoms with Gasteiger partial charge in [0.2, 0.25) is 0 Å². The summed E-state index contributed by atoms with van der Waals surface area (Å²) >= 11 is 0. The van der Waals surface area contributed by atoms with Crippen molar-refractivity contribution in [3.63, 3.8) is 0 Å². The van der Waals surface area contributed by atoms with Gasteiger partial charge in [-0.25, -0.2) is 0 Å². The summed E-state index contributed by atoms with van der Waals surface area (Å²) in [5.41, 5.74) is 1.16. The number of aromatic hydroxyl groups is 1. The highest BCUT2D eigenvalue weighted by Crippen LogP contribution is 2.28. The molecule has 76 valence electrons. The number of phenolic OH excluding ortho intramolecular Hbond substituents is 1. The number of phenols is 1. The summed E-state index contributed by atoms with van der Waals surface area (Å²) in [6.07, 6.45) is 0.307. The lowest BCUT2D eigenvalue weighted by Crippen LogP contribution is -2.25. The normalized spacial score (nSPS) is 20.4. The third kappa shape index (κ3) is 1.61. The molecule has 1 aliphatic heterocycles. The van der Waals surface area contributed by atoms with Crippen molar-refractivity contribution in [1.29, 1.82) is 0 Å². The standard InChI is InChI=1S/C11H16N2O/c1-12-6-7-13(2)11(12)9-4-3-5-10(14)8-9/h3-5,8,11,14H,6-7H2,1-2H3. The van der Waals surface area contributed by atoms with Crippen LogP contribution < -0.4 is 0 Å². The molecule has 1 saturated heterocycles. The van der Waals surface area contributed by atoms with Gasteiger partial charge in [-0.2, -0.15) is 0 Å². The molecule has 3 nitrogen and oxygen atoms in total. The molecule has 0 radical (unpaired) electrons. The van der Waals surface area contributed by atoms with Crippen molar-refractivity contribution < 1.29 is 5.11 Å². The molecule has 1 fully saturated rings. The number of rotatable bonds is 1. The minimum Gasteiger partial charge on any atom is -0.508 e. The van der Waals surface area contributed by atoms with Crippen LogP contribution in [0.3, 0.4) is 0 Å². The minimum absolute atomic E-state index is 0.307.